The number of nitrogens with two attached hydrogens (primary N) is 1. The van der Waals surface area contributed by atoms with Gasteiger partial charge in [-0.1, -0.05) is 20.8 Å². The number of hydrogen-bond donors (Lipinski definition) is 2. The number of anilines is 1. The summed E-state index contributed by atoms with van der Waals surface area (Å²) in [5, 5.41) is 13.5. The van der Waals surface area contributed by atoms with E-state index in [4.69, 9.17) is 10.8 Å². The second kappa shape index (κ2) is 4.66. The van der Waals surface area contributed by atoms with Crippen molar-refractivity contribution in [3.63, 3.8) is 0 Å². The van der Waals surface area contributed by atoms with Gasteiger partial charge in [-0.05, 0) is 23.8 Å². The van der Waals surface area contributed by atoms with Gasteiger partial charge in [0.05, 0.1) is 18.0 Å². The van der Waals surface area contributed by atoms with Crippen molar-refractivity contribution in [3.05, 3.63) is 41.3 Å². The van der Waals surface area contributed by atoms with Crippen LogP contribution in [-0.4, -0.2) is 14.9 Å². The van der Waals surface area contributed by atoms with Crippen LogP contribution in [0.3, 0.4) is 0 Å². The Hall–Kier alpha value is -1.88. The molecule has 102 valence electrons. The molecule has 4 nitrogen and oxygen atoms in total. The van der Waals surface area contributed by atoms with E-state index in [0.717, 1.165) is 5.69 Å². The molecule has 2 aromatic rings. The van der Waals surface area contributed by atoms with Crippen LogP contribution in [0.4, 0.5) is 10.2 Å². The van der Waals surface area contributed by atoms with Crippen LogP contribution in [0.2, 0.25) is 0 Å². The zero-order valence-electron chi connectivity index (χ0n) is 11.3. The highest BCUT2D eigenvalue weighted by atomic mass is 19.1. The molecule has 0 unspecified atom stereocenters. The van der Waals surface area contributed by atoms with Crippen molar-refractivity contribution < 1.29 is 9.50 Å². The molecule has 2 rings (SSSR count). The maximum atomic E-state index is 13.5. The zero-order valence-corrected chi connectivity index (χ0v) is 11.3. The first-order valence-corrected chi connectivity index (χ1v) is 6.08. The Labute approximate surface area is 111 Å². The summed E-state index contributed by atoms with van der Waals surface area (Å²) in [6, 6.07) is 6.07. The second-order valence-corrected chi connectivity index (χ2v) is 5.59. The number of aliphatic hydroxyl groups excluding tert-OH is 1. The molecule has 3 N–H and O–H groups in total. The molecule has 19 heavy (non-hydrogen) atoms. The Bertz CT molecular complexity index is 599. The topological polar surface area (TPSA) is 64.1 Å². The third kappa shape index (κ3) is 2.76. The maximum Gasteiger partial charge on any atom is 0.127 e. The minimum atomic E-state index is -0.422. The smallest absolute Gasteiger partial charge is 0.127 e. The van der Waals surface area contributed by atoms with Gasteiger partial charge in [0, 0.05) is 11.5 Å². The summed E-state index contributed by atoms with van der Waals surface area (Å²) >= 11 is 0. The van der Waals surface area contributed by atoms with Gasteiger partial charge in [-0.2, -0.15) is 5.10 Å². The summed E-state index contributed by atoms with van der Waals surface area (Å²) in [5.41, 5.74) is 7.63. The molecule has 0 aliphatic carbocycles. The van der Waals surface area contributed by atoms with Gasteiger partial charge in [0.1, 0.15) is 11.6 Å². The molecule has 0 spiro atoms. The predicted octanol–water partition coefficient (Wildman–Crippen LogP) is 2.38. The standard InChI is InChI=1S/C14H18FN3O/c1-14(2,3)12-7-13(16)18(17-12)11-5-9(8-19)4-10(15)6-11/h4-7,19H,8,16H2,1-3H3. The van der Waals surface area contributed by atoms with E-state index < -0.39 is 5.82 Å². The average Bonchev–Trinajstić information content (AvgIpc) is 2.70. The minimum absolute atomic E-state index is 0.132. The fourth-order valence-corrected chi connectivity index (χ4v) is 1.82. The van der Waals surface area contributed by atoms with E-state index in [-0.39, 0.29) is 12.0 Å². The van der Waals surface area contributed by atoms with Gasteiger partial charge < -0.3 is 10.8 Å². The van der Waals surface area contributed by atoms with Crippen molar-refractivity contribution in [1.82, 2.24) is 9.78 Å². The maximum absolute atomic E-state index is 13.5. The molecule has 0 aliphatic rings. The molecule has 0 fully saturated rings. The number of benzene rings is 1. The van der Waals surface area contributed by atoms with Crippen LogP contribution in [0.1, 0.15) is 32.0 Å². The third-order valence-electron chi connectivity index (χ3n) is 2.87. The lowest BCUT2D eigenvalue weighted by atomic mass is 9.92. The molecule has 1 heterocycles. The lowest BCUT2D eigenvalue weighted by molar-refractivity contribution is 0.281. The third-order valence-corrected chi connectivity index (χ3v) is 2.87. The largest absolute Gasteiger partial charge is 0.392 e. The molecule has 1 aromatic heterocycles. The van der Waals surface area contributed by atoms with Gasteiger partial charge >= 0.3 is 0 Å². The normalized spacial score (nSPS) is 11.8. The van der Waals surface area contributed by atoms with Crippen LogP contribution in [0.25, 0.3) is 5.69 Å². The van der Waals surface area contributed by atoms with E-state index >= 15 is 0 Å². The highest BCUT2D eigenvalue weighted by Crippen LogP contribution is 2.25. The van der Waals surface area contributed by atoms with E-state index in [0.29, 0.717) is 17.1 Å². The fraction of sp³-hybridized carbons (Fsp3) is 0.357. The van der Waals surface area contributed by atoms with E-state index in [2.05, 4.69) is 5.10 Å². The van der Waals surface area contributed by atoms with Gasteiger partial charge in [0.25, 0.3) is 0 Å². The number of halogens is 1. The summed E-state index contributed by atoms with van der Waals surface area (Å²) in [6.45, 7) is 5.87. The summed E-state index contributed by atoms with van der Waals surface area (Å²) in [5.74, 6) is 0.0215. The van der Waals surface area contributed by atoms with Gasteiger partial charge in [-0.25, -0.2) is 9.07 Å². The number of aromatic nitrogens is 2. The van der Waals surface area contributed by atoms with Crippen molar-refractivity contribution in [3.8, 4) is 5.69 Å². The van der Waals surface area contributed by atoms with Crippen LogP contribution in [-0.2, 0) is 12.0 Å². The highest BCUT2D eigenvalue weighted by molar-refractivity contribution is 5.45. The molecule has 5 heteroatoms. The summed E-state index contributed by atoms with van der Waals surface area (Å²) < 4.78 is 15.0. The van der Waals surface area contributed by atoms with Gasteiger partial charge in [0.15, 0.2) is 0 Å². The van der Waals surface area contributed by atoms with Crippen molar-refractivity contribution in [1.29, 1.82) is 0 Å². The first kappa shape index (κ1) is 13.5. The van der Waals surface area contributed by atoms with Crippen molar-refractivity contribution >= 4 is 5.82 Å². The number of hydrogen-bond acceptors (Lipinski definition) is 3. The number of rotatable bonds is 2. The number of nitrogen functional groups attached to an aromatic ring is 1. The number of nitrogens with zero attached hydrogens (tertiary/aromatic N) is 2. The molecule has 0 radical (unpaired) electrons. The second-order valence-electron chi connectivity index (χ2n) is 5.59. The minimum Gasteiger partial charge on any atom is -0.392 e. The van der Waals surface area contributed by atoms with E-state index in [1.54, 1.807) is 12.1 Å². The van der Waals surface area contributed by atoms with Gasteiger partial charge in [-0.3, -0.25) is 0 Å². The van der Waals surface area contributed by atoms with Crippen LogP contribution in [0.5, 0.6) is 0 Å². The SMILES string of the molecule is CC(C)(C)c1cc(N)n(-c2cc(F)cc(CO)c2)n1. The summed E-state index contributed by atoms with van der Waals surface area (Å²) in [6.07, 6.45) is 0. The highest BCUT2D eigenvalue weighted by Gasteiger charge is 2.19. The Morgan fingerprint density at radius 2 is 1.95 bits per heavy atom. The van der Waals surface area contributed by atoms with E-state index in [1.165, 1.54) is 16.8 Å². The molecule has 0 bridgehead atoms. The summed E-state index contributed by atoms with van der Waals surface area (Å²) in [4.78, 5) is 0. The van der Waals surface area contributed by atoms with Gasteiger partial charge in [-0.15, -0.1) is 0 Å². The van der Waals surface area contributed by atoms with Crippen molar-refractivity contribution in [2.75, 3.05) is 5.73 Å². The van der Waals surface area contributed by atoms with Crippen LogP contribution in [0, 0.1) is 5.82 Å². The van der Waals surface area contributed by atoms with Crippen LogP contribution < -0.4 is 5.73 Å². The monoisotopic (exact) mass is 263 g/mol. The Balaban J connectivity index is 2.53. The predicted molar refractivity (Wildman–Crippen MR) is 72.6 cm³/mol. The molecule has 0 aliphatic heterocycles. The van der Waals surface area contributed by atoms with Crippen molar-refractivity contribution in [2.45, 2.75) is 32.8 Å². The molecule has 0 atom stereocenters. The lowest BCUT2D eigenvalue weighted by Crippen LogP contribution is -2.12. The average molecular weight is 263 g/mol. The molecule has 0 saturated carbocycles. The van der Waals surface area contributed by atoms with E-state index in [1.807, 2.05) is 20.8 Å². The molecular weight excluding hydrogens is 245 g/mol. The summed E-state index contributed by atoms with van der Waals surface area (Å²) in [7, 11) is 0. The Morgan fingerprint density at radius 1 is 1.26 bits per heavy atom. The molecular formula is C14H18FN3O. The Morgan fingerprint density at radius 3 is 2.47 bits per heavy atom. The van der Waals surface area contributed by atoms with Gasteiger partial charge in [0.2, 0.25) is 0 Å². The first-order valence-electron chi connectivity index (χ1n) is 6.08. The fourth-order valence-electron chi connectivity index (χ4n) is 1.82. The van der Waals surface area contributed by atoms with E-state index in [9.17, 15) is 4.39 Å². The molecule has 0 saturated heterocycles. The van der Waals surface area contributed by atoms with Crippen LogP contribution in [0.15, 0.2) is 24.3 Å². The number of aliphatic hydroxyl groups is 1. The quantitative estimate of drug-likeness (QED) is 0.874. The zero-order chi connectivity index (χ0) is 14.2. The molecule has 1 aromatic carbocycles. The lowest BCUT2D eigenvalue weighted by Gasteiger charge is -2.14. The Kier molecular flexibility index (Phi) is 3.32. The molecule has 0 amide bonds. The van der Waals surface area contributed by atoms with Crippen molar-refractivity contribution in [2.24, 2.45) is 0 Å². The first-order chi connectivity index (χ1) is 8.81. The van der Waals surface area contributed by atoms with Crippen LogP contribution >= 0.6 is 0 Å².